The van der Waals surface area contributed by atoms with E-state index in [1.54, 1.807) is 0 Å². The van der Waals surface area contributed by atoms with Gasteiger partial charge in [0.1, 0.15) is 6.10 Å². The molecule has 1 saturated heterocycles. The van der Waals surface area contributed by atoms with E-state index in [4.69, 9.17) is 14.2 Å². The van der Waals surface area contributed by atoms with E-state index in [1.165, 1.54) is 18.2 Å². The molecular weight excluding hydrogens is 442 g/mol. The lowest BCUT2D eigenvalue weighted by Crippen LogP contribution is -2.46. The minimum absolute atomic E-state index is 0.179. The summed E-state index contributed by atoms with van der Waals surface area (Å²) in [6, 6.07) is 16.6. The topological polar surface area (TPSA) is 65.1 Å². The van der Waals surface area contributed by atoms with Crippen molar-refractivity contribution in [3.8, 4) is 0 Å². The van der Waals surface area contributed by atoms with E-state index >= 15 is 0 Å². The highest BCUT2D eigenvalue weighted by Gasteiger charge is 2.42. The highest BCUT2D eigenvalue weighted by Crippen LogP contribution is 2.36. The maximum Gasteiger partial charge on any atom is 0.410 e. The van der Waals surface area contributed by atoms with E-state index in [0.29, 0.717) is 31.9 Å². The molecule has 0 unspecified atom stereocenters. The summed E-state index contributed by atoms with van der Waals surface area (Å²) in [6.07, 6.45) is 3.27. The molecule has 0 N–H and O–H groups in total. The zero-order valence-electron chi connectivity index (χ0n) is 21.3. The van der Waals surface area contributed by atoms with E-state index in [9.17, 15) is 9.59 Å². The molecule has 1 amide bonds. The zero-order valence-corrected chi connectivity index (χ0v) is 21.3. The van der Waals surface area contributed by atoms with Crippen LogP contribution in [0.25, 0.3) is 0 Å². The Balaban J connectivity index is 1.30. The van der Waals surface area contributed by atoms with Gasteiger partial charge in [-0.1, -0.05) is 48.5 Å². The standard InChI is InChI=1S/C29H37NO5/c1-20(26-12-8-7-9-22(26)13-14-27(31)33-4)34-19-25-18-30(28(32)35-25)29(2,3)17-21-15-23-10-5-6-11-24(23)16-21/h5-12,20-21,25H,13-19H2,1-4H3/t20-,25-/m1/s1. The predicted octanol–water partition coefficient (Wildman–Crippen LogP) is 5.27. The van der Waals surface area contributed by atoms with Gasteiger partial charge in [0.15, 0.2) is 0 Å². The van der Waals surface area contributed by atoms with Gasteiger partial charge in [-0.2, -0.15) is 0 Å². The number of hydrogen-bond donors (Lipinski definition) is 0. The predicted molar refractivity (Wildman–Crippen MR) is 134 cm³/mol. The lowest BCUT2D eigenvalue weighted by atomic mass is 9.87. The van der Waals surface area contributed by atoms with E-state index in [2.05, 4.69) is 38.1 Å². The number of aryl methyl sites for hydroxylation is 1. The van der Waals surface area contributed by atoms with Crippen molar-refractivity contribution in [1.82, 2.24) is 4.90 Å². The van der Waals surface area contributed by atoms with Crippen molar-refractivity contribution in [1.29, 1.82) is 0 Å². The first-order chi connectivity index (χ1) is 16.8. The summed E-state index contributed by atoms with van der Waals surface area (Å²) in [5.41, 5.74) is 4.69. The Morgan fingerprint density at radius 1 is 1.11 bits per heavy atom. The van der Waals surface area contributed by atoms with E-state index in [0.717, 1.165) is 30.4 Å². The molecule has 4 rings (SSSR count). The van der Waals surface area contributed by atoms with Crippen molar-refractivity contribution in [2.45, 2.75) is 70.6 Å². The van der Waals surface area contributed by atoms with Crippen LogP contribution in [0.1, 0.15) is 62.0 Å². The molecule has 2 atom stereocenters. The second kappa shape index (κ2) is 10.8. The molecule has 0 radical (unpaired) electrons. The SMILES string of the molecule is COC(=O)CCc1ccccc1[C@@H](C)OC[C@H]1CN(C(C)(C)CC2Cc3ccccc3C2)C(=O)O1. The van der Waals surface area contributed by atoms with Gasteiger partial charge in [-0.15, -0.1) is 0 Å². The Morgan fingerprint density at radius 3 is 2.46 bits per heavy atom. The third-order valence-corrected chi connectivity index (χ3v) is 7.38. The Kier molecular flexibility index (Phi) is 7.80. The minimum Gasteiger partial charge on any atom is -0.469 e. The smallest absolute Gasteiger partial charge is 0.410 e. The molecular formula is C29H37NO5. The van der Waals surface area contributed by atoms with E-state index in [1.807, 2.05) is 36.1 Å². The van der Waals surface area contributed by atoms with Crippen LogP contribution in [0.3, 0.4) is 0 Å². The van der Waals surface area contributed by atoms with Crippen LogP contribution < -0.4 is 0 Å². The lowest BCUT2D eigenvalue weighted by Gasteiger charge is -2.35. The van der Waals surface area contributed by atoms with Gasteiger partial charge in [-0.25, -0.2) is 4.79 Å². The first kappa shape index (κ1) is 25.2. The second-order valence-corrected chi connectivity index (χ2v) is 10.4. The van der Waals surface area contributed by atoms with E-state index in [-0.39, 0.29) is 29.8 Å². The van der Waals surface area contributed by atoms with Crippen LogP contribution in [0.15, 0.2) is 48.5 Å². The maximum absolute atomic E-state index is 12.8. The third-order valence-electron chi connectivity index (χ3n) is 7.38. The van der Waals surface area contributed by atoms with Crippen molar-refractivity contribution in [2.24, 2.45) is 5.92 Å². The minimum atomic E-state index is -0.299. The van der Waals surface area contributed by atoms with Crippen molar-refractivity contribution in [3.63, 3.8) is 0 Å². The number of carbonyl (C=O) groups is 2. The van der Waals surface area contributed by atoms with Gasteiger partial charge in [0, 0.05) is 12.0 Å². The number of cyclic esters (lactones) is 1. The van der Waals surface area contributed by atoms with Crippen LogP contribution in [0.5, 0.6) is 0 Å². The van der Waals surface area contributed by atoms with Crippen molar-refractivity contribution in [2.75, 3.05) is 20.3 Å². The van der Waals surface area contributed by atoms with Crippen LogP contribution in [-0.4, -0.2) is 48.9 Å². The van der Waals surface area contributed by atoms with Crippen LogP contribution in [0.2, 0.25) is 0 Å². The van der Waals surface area contributed by atoms with Gasteiger partial charge in [0.05, 0.1) is 26.4 Å². The summed E-state index contributed by atoms with van der Waals surface area (Å²) in [4.78, 5) is 26.2. The lowest BCUT2D eigenvalue weighted by molar-refractivity contribution is -0.140. The largest absolute Gasteiger partial charge is 0.469 e. The first-order valence-electron chi connectivity index (χ1n) is 12.6. The number of fused-ring (bicyclic) bond motifs is 1. The third kappa shape index (κ3) is 6.04. The molecule has 0 aromatic heterocycles. The molecule has 6 heteroatoms. The number of amides is 1. The number of hydrogen-bond acceptors (Lipinski definition) is 5. The number of benzene rings is 2. The fourth-order valence-corrected chi connectivity index (χ4v) is 5.55. The molecule has 1 fully saturated rings. The van der Waals surface area contributed by atoms with Crippen molar-refractivity contribution < 1.29 is 23.8 Å². The molecule has 1 heterocycles. The van der Waals surface area contributed by atoms with Gasteiger partial charge in [0.25, 0.3) is 0 Å². The molecule has 6 nitrogen and oxygen atoms in total. The monoisotopic (exact) mass is 479 g/mol. The Morgan fingerprint density at radius 2 is 1.77 bits per heavy atom. The molecule has 1 aliphatic carbocycles. The molecule has 2 aromatic carbocycles. The van der Waals surface area contributed by atoms with Crippen LogP contribution >= 0.6 is 0 Å². The van der Waals surface area contributed by atoms with Crippen LogP contribution in [0.4, 0.5) is 4.79 Å². The van der Waals surface area contributed by atoms with Crippen LogP contribution in [0, 0.1) is 5.92 Å². The van der Waals surface area contributed by atoms with Gasteiger partial charge in [-0.05, 0) is 74.6 Å². The maximum atomic E-state index is 12.8. The molecule has 0 spiro atoms. The second-order valence-electron chi connectivity index (χ2n) is 10.4. The molecule has 0 saturated carbocycles. The summed E-state index contributed by atoms with van der Waals surface area (Å²) in [6.45, 7) is 7.14. The van der Waals surface area contributed by atoms with Gasteiger partial charge in [-0.3, -0.25) is 9.69 Å². The Bertz CT molecular complexity index is 1020. The molecule has 188 valence electrons. The highest BCUT2D eigenvalue weighted by atomic mass is 16.6. The average molecular weight is 480 g/mol. The van der Waals surface area contributed by atoms with Gasteiger partial charge in [0.2, 0.25) is 0 Å². The summed E-state index contributed by atoms with van der Waals surface area (Å²) >= 11 is 0. The number of rotatable bonds is 10. The Hall–Kier alpha value is -2.86. The molecule has 0 bridgehead atoms. The molecule has 1 aliphatic heterocycles. The number of ether oxygens (including phenoxy) is 3. The highest BCUT2D eigenvalue weighted by molar-refractivity contribution is 5.71. The fraction of sp³-hybridized carbons (Fsp3) is 0.517. The van der Waals surface area contributed by atoms with E-state index < -0.39 is 0 Å². The quantitative estimate of drug-likeness (QED) is 0.434. The summed E-state index contributed by atoms with van der Waals surface area (Å²) in [7, 11) is 1.40. The number of esters is 1. The molecule has 35 heavy (non-hydrogen) atoms. The van der Waals surface area contributed by atoms with Crippen molar-refractivity contribution in [3.05, 3.63) is 70.8 Å². The number of carbonyl (C=O) groups excluding carboxylic acids is 2. The first-order valence-corrected chi connectivity index (χ1v) is 12.6. The Labute approximate surface area is 208 Å². The van der Waals surface area contributed by atoms with Gasteiger partial charge >= 0.3 is 12.1 Å². The van der Waals surface area contributed by atoms with Crippen molar-refractivity contribution >= 4 is 12.1 Å². The van der Waals surface area contributed by atoms with Crippen LogP contribution in [-0.2, 0) is 38.3 Å². The fourth-order valence-electron chi connectivity index (χ4n) is 5.55. The van der Waals surface area contributed by atoms with Gasteiger partial charge < -0.3 is 14.2 Å². The summed E-state index contributed by atoms with van der Waals surface area (Å²) in [5, 5.41) is 0. The molecule has 2 aromatic rings. The summed E-state index contributed by atoms with van der Waals surface area (Å²) < 4.78 is 16.6. The average Bonchev–Trinajstić information content (AvgIpc) is 3.43. The zero-order chi connectivity index (χ0) is 25.0. The number of methoxy groups -OCH3 is 1. The number of nitrogens with zero attached hydrogens (tertiary/aromatic N) is 1. The summed E-state index contributed by atoms with van der Waals surface area (Å²) in [5.74, 6) is 0.308. The normalized spacial score (nSPS) is 18.9. The molecule has 2 aliphatic rings.